The van der Waals surface area contributed by atoms with Gasteiger partial charge < -0.3 is 15.4 Å². The number of hydrogen-bond donors (Lipinski definition) is 2. The largest absolute Gasteiger partial charge is 0.494 e. The summed E-state index contributed by atoms with van der Waals surface area (Å²) in [7, 11) is 1.65. The molecule has 2 amide bonds. The molecule has 3 aromatic rings. The van der Waals surface area contributed by atoms with E-state index < -0.39 is 0 Å². The average molecular weight is 382 g/mol. The first-order chi connectivity index (χ1) is 13.6. The molecule has 1 aromatic carbocycles. The summed E-state index contributed by atoms with van der Waals surface area (Å²) in [5.74, 6) is 1.27. The van der Waals surface area contributed by atoms with Crippen molar-refractivity contribution < 1.29 is 9.53 Å². The summed E-state index contributed by atoms with van der Waals surface area (Å²) < 4.78 is 8.14. The number of amides is 2. The maximum absolute atomic E-state index is 12.3. The van der Waals surface area contributed by atoms with Crippen molar-refractivity contribution >= 4 is 11.7 Å². The van der Waals surface area contributed by atoms with E-state index in [1.807, 2.05) is 13.0 Å². The van der Waals surface area contributed by atoms with Crippen molar-refractivity contribution in [3.8, 4) is 17.1 Å². The number of nitrogens with zero attached hydrogens (tertiary/aromatic N) is 4. The summed E-state index contributed by atoms with van der Waals surface area (Å²) in [6.45, 7) is 3.00. The molecule has 2 heterocycles. The highest BCUT2D eigenvalue weighted by atomic mass is 16.5. The van der Waals surface area contributed by atoms with Gasteiger partial charge in [-0.1, -0.05) is 0 Å². The van der Waals surface area contributed by atoms with Gasteiger partial charge in [0.05, 0.1) is 13.2 Å². The van der Waals surface area contributed by atoms with Crippen LogP contribution in [-0.4, -0.2) is 38.5 Å². The molecule has 0 saturated carbocycles. The predicted octanol–water partition coefficient (Wildman–Crippen LogP) is 1.86. The topological polar surface area (TPSA) is 103 Å². The monoisotopic (exact) mass is 382 g/mol. The molecule has 0 aliphatic carbocycles. The van der Waals surface area contributed by atoms with Crippen LogP contribution in [0, 0.1) is 0 Å². The van der Waals surface area contributed by atoms with Gasteiger partial charge in [-0.3, -0.25) is 9.55 Å². The Morgan fingerprint density at radius 2 is 2.00 bits per heavy atom. The van der Waals surface area contributed by atoms with Crippen molar-refractivity contribution in [2.24, 2.45) is 7.05 Å². The second kappa shape index (κ2) is 8.85. The van der Waals surface area contributed by atoms with Crippen molar-refractivity contribution in [2.45, 2.75) is 13.5 Å². The van der Waals surface area contributed by atoms with Gasteiger partial charge in [0.1, 0.15) is 5.75 Å². The second-order valence-electron chi connectivity index (χ2n) is 5.97. The van der Waals surface area contributed by atoms with Crippen molar-refractivity contribution in [3.63, 3.8) is 0 Å². The molecule has 2 aromatic heterocycles. The Hall–Kier alpha value is -3.62. The second-order valence-corrected chi connectivity index (χ2v) is 5.97. The van der Waals surface area contributed by atoms with Gasteiger partial charge in [0.25, 0.3) is 0 Å². The fourth-order valence-corrected chi connectivity index (χ4v) is 2.63. The highest BCUT2D eigenvalue weighted by molar-refractivity contribution is 5.89. The molecule has 0 saturated heterocycles. The summed E-state index contributed by atoms with van der Waals surface area (Å²) >= 11 is 0. The molecule has 0 atom stereocenters. The van der Waals surface area contributed by atoms with E-state index in [1.54, 1.807) is 49.8 Å². The number of ether oxygens (including phenoxy) is 1. The van der Waals surface area contributed by atoms with Crippen LogP contribution in [0.25, 0.3) is 11.4 Å². The maximum atomic E-state index is 12.3. The summed E-state index contributed by atoms with van der Waals surface area (Å²) in [6.07, 6.45) is 3.31. The number of nitrogens with one attached hydrogen (secondary N) is 2. The molecule has 9 nitrogen and oxygen atoms in total. The smallest absolute Gasteiger partial charge is 0.345 e. The molecule has 3 rings (SSSR count). The summed E-state index contributed by atoms with van der Waals surface area (Å²) in [4.78, 5) is 28.4. The van der Waals surface area contributed by atoms with Gasteiger partial charge in [-0.05, 0) is 43.3 Å². The van der Waals surface area contributed by atoms with Gasteiger partial charge in [-0.25, -0.2) is 14.3 Å². The Bertz CT molecular complexity index is 979. The minimum Gasteiger partial charge on any atom is -0.494 e. The lowest BCUT2D eigenvalue weighted by atomic mass is 10.3. The molecule has 9 heteroatoms. The molecule has 0 spiro atoms. The number of carbonyl (C=O) groups excluding carboxylic acids is 1. The number of pyridine rings is 1. The fraction of sp³-hybridized carbons (Fsp3) is 0.263. The zero-order chi connectivity index (χ0) is 19.9. The van der Waals surface area contributed by atoms with E-state index >= 15 is 0 Å². The molecule has 0 aliphatic heterocycles. The van der Waals surface area contributed by atoms with Crippen molar-refractivity contribution in [1.29, 1.82) is 0 Å². The third-order valence-electron chi connectivity index (χ3n) is 3.99. The van der Waals surface area contributed by atoms with E-state index in [4.69, 9.17) is 4.74 Å². The number of aromatic nitrogens is 4. The van der Waals surface area contributed by atoms with E-state index in [-0.39, 0.29) is 24.8 Å². The Morgan fingerprint density at radius 1 is 1.21 bits per heavy atom. The molecule has 28 heavy (non-hydrogen) atoms. The van der Waals surface area contributed by atoms with Gasteiger partial charge in [0.15, 0.2) is 5.82 Å². The summed E-state index contributed by atoms with van der Waals surface area (Å²) in [6, 6.07) is 10.3. The fourth-order valence-electron chi connectivity index (χ4n) is 2.63. The first-order valence-corrected chi connectivity index (χ1v) is 8.90. The maximum Gasteiger partial charge on any atom is 0.345 e. The summed E-state index contributed by atoms with van der Waals surface area (Å²) in [5, 5.41) is 9.77. The molecule has 0 radical (unpaired) electrons. The Kier molecular flexibility index (Phi) is 6.05. The van der Waals surface area contributed by atoms with Gasteiger partial charge >= 0.3 is 11.7 Å². The lowest BCUT2D eigenvalue weighted by Crippen LogP contribution is -2.34. The number of carbonyl (C=O) groups is 1. The van der Waals surface area contributed by atoms with Crippen molar-refractivity contribution in [1.82, 2.24) is 24.6 Å². The third kappa shape index (κ3) is 4.56. The number of benzene rings is 1. The van der Waals surface area contributed by atoms with E-state index in [0.717, 1.165) is 11.3 Å². The number of anilines is 1. The third-order valence-corrected chi connectivity index (χ3v) is 3.99. The standard InChI is InChI=1S/C19H22N6O3/c1-3-28-16-8-6-15(7-9-16)22-18(26)21-11-12-25-19(27)24(2)17(23-25)14-5-4-10-20-13-14/h4-10,13H,3,11-12H2,1-2H3,(H2,21,22,26). The Labute approximate surface area is 162 Å². The lowest BCUT2D eigenvalue weighted by Gasteiger charge is -2.08. The Balaban J connectivity index is 1.55. The molecule has 146 valence electrons. The molecule has 0 bridgehead atoms. The van der Waals surface area contributed by atoms with Crippen LogP contribution in [0.3, 0.4) is 0 Å². The van der Waals surface area contributed by atoms with Crippen molar-refractivity contribution in [3.05, 3.63) is 59.3 Å². The van der Waals surface area contributed by atoms with Crippen LogP contribution < -0.4 is 21.1 Å². The highest BCUT2D eigenvalue weighted by Gasteiger charge is 2.12. The van der Waals surface area contributed by atoms with Gasteiger partial charge in [-0.2, -0.15) is 0 Å². The quantitative estimate of drug-likeness (QED) is 0.649. The minimum atomic E-state index is -0.361. The zero-order valence-electron chi connectivity index (χ0n) is 15.8. The highest BCUT2D eigenvalue weighted by Crippen LogP contribution is 2.15. The van der Waals surface area contributed by atoms with Gasteiger partial charge in [-0.15, -0.1) is 5.10 Å². The number of hydrogen-bond acceptors (Lipinski definition) is 5. The predicted molar refractivity (Wildman–Crippen MR) is 105 cm³/mol. The number of rotatable bonds is 7. The van der Waals surface area contributed by atoms with E-state index in [1.165, 1.54) is 9.25 Å². The lowest BCUT2D eigenvalue weighted by molar-refractivity contribution is 0.251. The Morgan fingerprint density at radius 3 is 2.68 bits per heavy atom. The zero-order valence-corrected chi connectivity index (χ0v) is 15.8. The first kappa shape index (κ1) is 19.2. The van der Waals surface area contributed by atoms with Gasteiger partial charge in [0.2, 0.25) is 0 Å². The van der Waals surface area contributed by atoms with Crippen LogP contribution in [0.15, 0.2) is 53.6 Å². The van der Waals surface area contributed by atoms with Crippen LogP contribution in [-0.2, 0) is 13.6 Å². The first-order valence-electron chi connectivity index (χ1n) is 8.90. The minimum absolute atomic E-state index is 0.254. The van der Waals surface area contributed by atoms with Crippen LogP contribution >= 0.6 is 0 Å². The van der Waals surface area contributed by atoms with E-state index in [2.05, 4.69) is 20.7 Å². The molecule has 0 fully saturated rings. The summed E-state index contributed by atoms with van der Waals surface area (Å²) in [5.41, 5.74) is 1.14. The molecular weight excluding hydrogens is 360 g/mol. The molecule has 0 aliphatic rings. The van der Waals surface area contributed by atoms with Crippen LogP contribution in [0.5, 0.6) is 5.75 Å². The molecular formula is C19H22N6O3. The molecule has 2 N–H and O–H groups in total. The van der Waals surface area contributed by atoms with Crippen molar-refractivity contribution in [2.75, 3.05) is 18.5 Å². The number of urea groups is 1. The SMILES string of the molecule is CCOc1ccc(NC(=O)NCCn2nc(-c3cccnc3)n(C)c2=O)cc1. The average Bonchev–Trinajstić information content (AvgIpc) is 2.99. The van der Waals surface area contributed by atoms with Crippen LogP contribution in [0.4, 0.5) is 10.5 Å². The van der Waals surface area contributed by atoms with E-state index in [9.17, 15) is 9.59 Å². The van der Waals surface area contributed by atoms with Crippen LogP contribution in [0.1, 0.15) is 6.92 Å². The molecule has 0 unspecified atom stereocenters. The van der Waals surface area contributed by atoms with Gasteiger partial charge in [0, 0.05) is 37.2 Å². The van der Waals surface area contributed by atoms with Crippen LogP contribution in [0.2, 0.25) is 0 Å². The normalized spacial score (nSPS) is 10.5. The van der Waals surface area contributed by atoms with E-state index in [0.29, 0.717) is 18.1 Å².